The van der Waals surface area contributed by atoms with Crippen molar-refractivity contribution < 1.29 is 19.5 Å². The number of aliphatic carboxylic acids is 1. The van der Waals surface area contributed by atoms with Gasteiger partial charge in [-0.05, 0) is 0 Å². The topological polar surface area (TPSA) is 86.7 Å². The monoisotopic (exact) mass is 288 g/mol. The lowest BCUT2D eigenvalue weighted by Crippen LogP contribution is -2.50. The van der Waals surface area contributed by atoms with Crippen molar-refractivity contribution in [2.75, 3.05) is 18.2 Å². The third kappa shape index (κ3) is 4.41. The number of carboxylic acids is 1. The van der Waals surface area contributed by atoms with Crippen molar-refractivity contribution in [1.82, 2.24) is 10.2 Å². The van der Waals surface area contributed by atoms with Crippen molar-refractivity contribution in [3.63, 3.8) is 0 Å². The third-order valence-corrected chi connectivity index (χ3v) is 3.74. The van der Waals surface area contributed by atoms with Crippen LogP contribution in [0.5, 0.6) is 0 Å². The Morgan fingerprint density at radius 1 is 1.37 bits per heavy atom. The number of carbonyl (C=O) groups excluding carboxylic acids is 2. The predicted octanol–water partition coefficient (Wildman–Crippen LogP) is 0.525. The summed E-state index contributed by atoms with van der Waals surface area (Å²) < 4.78 is 0. The van der Waals surface area contributed by atoms with Gasteiger partial charge in [0.25, 0.3) is 0 Å². The summed E-state index contributed by atoms with van der Waals surface area (Å²) in [6.07, 6.45) is -0.112. The Kier molecular flexibility index (Phi) is 5.22. The van der Waals surface area contributed by atoms with E-state index >= 15 is 0 Å². The highest BCUT2D eigenvalue weighted by molar-refractivity contribution is 7.99. The molecular weight excluding hydrogens is 268 g/mol. The van der Waals surface area contributed by atoms with E-state index in [0.29, 0.717) is 11.6 Å². The molecule has 0 radical (unpaired) electrons. The molecule has 19 heavy (non-hydrogen) atoms. The number of thioether (sulfide) groups is 1. The van der Waals surface area contributed by atoms with E-state index < -0.39 is 17.4 Å². The van der Waals surface area contributed by atoms with Crippen molar-refractivity contribution in [3.8, 4) is 0 Å². The summed E-state index contributed by atoms with van der Waals surface area (Å²) in [5.41, 5.74) is -0.523. The highest BCUT2D eigenvalue weighted by Crippen LogP contribution is 2.27. The van der Waals surface area contributed by atoms with Crippen LogP contribution >= 0.6 is 11.8 Å². The van der Waals surface area contributed by atoms with Gasteiger partial charge in [0.2, 0.25) is 11.8 Å². The molecule has 6 nitrogen and oxygen atoms in total. The number of nitrogens with zero attached hydrogens (tertiary/aromatic N) is 1. The first-order chi connectivity index (χ1) is 8.73. The highest BCUT2D eigenvalue weighted by Gasteiger charge is 2.38. The molecule has 1 fully saturated rings. The van der Waals surface area contributed by atoms with E-state index in [9.17, 15) is 14.4 Å². The Morgan fingerprint density at radius 3 is 2.53 bits per heavy atom. The summed E-state index contributed by atoms with van der Waals surface area (Å²) in [5.74, 6) is -0.225. The molecule has 1 rings (SSSR count). The van der Waals surface area contributed by atoms with Crippen molar-refractivity contribution in [1.29, 1.82) is 0 Å². The van der Waals surface area contributed by atoms with Crippen LogP contribution in [-0.2, 0) is 14.4 Å². The van der Waals surface area contributed by atoms with Crippen LogP contribution in [0.1, 0.15) is 27.2 Å². The van der Waals surface area contributed by atoms with Crippen molar-refractivity contribution in [2.45, 2.75) is 33.2 Å². The molecule has 1 aliphatic heterocycles. The molecule has 7 heteroatoms. The Labute approximate surface area is 116 Å². The van der Waals surface area contributed by atoms with Gasteiger partial charge in [-0.25, -0.2) is 0 Å². The second-order valence-corrected chi connectivity index (χ2v) is 6.48. The van der Waals surface area contributed by atoms with E-state index in [2.05, 4.69) is 5.32 Å². The van der Waals surface area contributed by atoms with Gasteiger partial charge < -0.3 is 15.3 Å². The zero-order valence-electron chi connectivity index (χ0n) is 11.4. The van der Waals surface area contributed by atoms with Crippen LogP contribution in [0.2, 0.25) is 0 Å². The minimum absolute atomic E-state index is 0.0594. The van der Waals surface area contributed by atoms with Crippen LogP contribution in [0.4, 0.5) is 0 Å². The first kappa shape index (κ1) is 15.8. The minimum atomic E-state index is -0.955. The van der Waals surface area contributed by atoms with E-state index in [1.54, 1.807) is 4.90 Å². The Morgan fingerprint density at radius 2 is 2.00 bits per heavy atom. The number of carbonyl (C=O) groups is 3. The SMILES string of the molecule is CC(C)(C)C(=O)N1CSCC1C(=O)NCCC(=O)O. The zero-order chi connectivity index (χ0) is 14.6. The molecule has 0 aromatic rings. The molecule has 1 unspecified atom stereocenters. The Hall–Kier alpha value is -1.24. The molecule has 0 aliphatic carbocycles. The van der Waals surface area contributed by atoms with E-state index in [0.717, 1.165) is 0 Å². The molecule has 0 saturated carbocycles. The van der Waals surface area contributed by atoms with Crippen molar-refractivity contribution >= 4 is 29.5 Å². The van der Waals surface area contributed by atoms with Gasteiger partial charge in [0.15, 0.2) is 0 Å². The summed E-state index contributed by atoms with van der Waals surface area (Å²) in [4.78, 5) is 36.1. The van der Waals surface area contributed by atoms with Gasteiger partial charge in [0.1, 0.15) is 6.04 Å². The molecule has 0 aromatic carbocycles. The molecule has 1 heterocycles. The summed E-state index contributed by atoms with van der Waals surface area (Å²) >= 11 is 1.53. The summed E-state index contributed by atoms with van der Waals surface area (Å²) in [6, 6.07) is -0.495. The Balaban J connectivity index is 2.58. The molecule has 108 valence electrons. The van der Waals surface area contributed by atoms with Gasteiger partial charge in [-0.2, -0.15) is 0 Å². The molecule has 2 amide bonds. The number of hydrogen-bond acceptors (Lipinski definition) is 4. The second kappa shape index (κ2) is 6.27. The molecule has 2 N–H and O–H groups in total. The fourth-order valence-corrected chi connectivity index (χ4v) is 2.86. The molecule has 0 spiro atoms. The van der Waals surface area contributed by atoms with Crippen LogP contribution in [-0.4, -0.2) is 52.0 Å². The lowest BCUT2D eigenvalue weighted by atomic mass is 9.94. The van der Waals surface area contributed by atoms with E-state index in [4.69, 9.17) is 5.11 Å². The highest BCUT2D eigenvalue weighted by atomic mass is 32.2. The molecular formula is C12H20N2O4S. The molecule has 1 aliphatic rings. The van der Waals surface area contributed by atoms with Crippen molar-refractivity contribution in [2.24, 2.45) is 5.41 Å². The Bertz CT molecular complexity index is 378. The van der Waals surface area contributed by atoms with E-state index in [-0.39, 0.29) is 24.8 Å². The smallest absolute Gasteiger partial charge is 0.305 e. The molecule has 1 saturated heterocycles. The molecule has 1 atom stereocenters. The standard InChI is InChI=1S/C12H20N2O4S/c1-12(2,3)11(18)14-7-19-6-8(14)10(17)13-5-4-9(15)16/h8H,4-7H2,1-3H3,(H,13,17)(H,15,16). The van der Waals surface area contributed by atoms with E-state index in [1.165, 1.54) is 11.8 Å². The number of amides is 2. The normalized spacial score (nSPS) is 19.3. The predicted molar refractivity (Wildman–Crippen MR) is 72.7 cm³/mol. The van der Waals surface area contributed by atoms with Gasteiger partial charge in [-0.3, -0.25) is 14.4 Å². The summed E-state index contributed by atoms with van der Waals surface area (Å²) in [6.45, 7) is 5.54. The van der Waals surface area contributed by atoms with Gasteiger partial charge >= 0.3 is 5.97 Å². The summed E-state index contributed by atoms with van der Waals surface area (Å²) in [5, 5.41) is 11.1. The lowest BCUT2D eigenvalue weighted by molar-refractivity contribution is -0.144. The van der Waals surface area contributed by atoms with Crippen molar-refractivity contribution in [3.05, 3.63) is 0 Å². The molecule has 0 bridgehead atoms. The van der Waals surface area contributed by atoms with E-state index in [1.807, 2.05) is 20.8 Å². The average molecular weight is 288 g/mol. The van der Waals surface area contributed by atoms with Gasteiger partial charge in [-0.15, -0.1) is 11.8 Å². The minimum Gasteiger partial charge on any atom is -0.481 e. The maximum absolute atomic E-state index is 12.2. The lowest BCUT2D eigenvalue weighted by Gasteiger charge is -2.29. The first-order valence-corrected chi connectivity index (χ1v) is 7.27. The fraction of sp³-hybridized carbons (Fsp3) is 0.750. The van der Waals surface area contributed by atoms with Gasteiger partial charge in [-0.1, -0.05) is 20.8 Å². The fourth-order valence-electron chi connectivity index (χ4n) is 1.70. The number of hydrogen-bond donors (Lipinski definition) is 2. The molecule has 0 aromatic heterocycles. The second-order valence-electron chi connectivity index (χ2n) is 5.48. The van der Waals surface area contributed by atoms with Crippen LogP contribution < -0.4 is 5.32 Å². The van der Waals surface area contributed by atoms with Gasteiger partial charge in [0.05, 0.1) is 12.3 Å². The summed E-state index contributed by atoms with van der Waals surface area (Å²) in [7, 11) is 0. The zero-order valence-corrected chi connectivity index (χ0v) is 12.2. The average Bonchev–Trinajstić information content (AvgIpc) is 2.74. The number of nitrogens with one attached hydrogen (secondary N) is 1. The van der Waals surface area contributed by atoms with Crippen LogP contribution in [0, 0.1) is 5.41 Å². The maximum atomic E-state index is 12.2. The quantitative estimate of drug-likeness (QED) is 0.788. The van der Waals surface area contributed by atoms with Crippen LogP contribution in [0.25, 0.3) is 0 Å². The largest absolute Gasteiger partial charge is 0.481 e. The first-order valence-electron chi connectivity index (χ1n) is 6.12. The van der Waals surface area contributed by atoms with Crippen LogP contribution in [0.3, 0.4) is 0 Å². The van der Waals surface area contributed by atoms with Gasteiger partial charge in [0, 0.05) is 17.7 Å². The number of carboxylic acid groups (broad SMARTS) is 1. The third-order valence-electron chi connectivity index (χ3n) is 2.73. The van der Waals surface area contributed by atoms with Crippen LogP contribution in [0.15, 0.2) is 0 Å². The maximum Gasteiger partial charge on any atom is 0.305 e. The number of rotatable bonds is 4.